The van der Waals surface area contributed by atoms with Crippen LogP contribution in [0, 0.1) is 6.92 Å². The van der Waals surface area contributed by atoms with Crippen molar-refractivity contribution in [3.63, 3.8) is 0 Å². The second kappa shape index (κ2) is 9.25. The van der Waals surface area contributed by atoms with Crippen LogP contribution in [0.4, 0.5) is 5.69 Å². The minimum atomic E-state index is 0.252. The van der Waals surface area contributed by atoms with E-state index in [-0.39, 0.29) is 6.10 Å². The SMILES string of the molecule is COCCOC1CCN(c2cc(C)nc3cc(OCc4ccccc4)ccc23)C1. The molecular weight excluding hydrogens is 364 g/mol. The number of rotatable bonds is 8. The highest BCUT2D eigenvalue weighted by molar-refractivity contribution is 5.93. The number of fused-ring (bicyclic) bond motifs is 1. The van der Waals surface area contributed by atoms with Crippen LogP contribution in [0.2, 0.25) is 0 Å². The average Bonchev–Trinajstić information content (AvgIpc) is 3.21. The van der Waals surface area contributed by atoms with Crippen molar-refractivity contribution in [2.45, 2.75) is 26.1 Å². The fourth-order valence-electron chi connectivity index (χ4n) is 3.79. The number of benzene rings is 2. The Hall–Kier alpha value is -2.63. The average molecular weight is 392 g/mol. The summed E-state index contributed by atoms with van der Waals surface area (Å²) in [5, 5.41) is 1.15. The zero-order valence-electron chi connectivity index (χ0n) is 17.1. The van der Waals surface area contributed by atoms with Gasteiger partial charge in [0, 0.05) is 43.0 Å². The Morgan fingerprint density at radius 3 is 2.76 bits per heavy atom. The van der Waals surface area contributed by atoms with E-state index < -0.39 is 0 Å². The third-order valence-corrected chi connectivity index (χ3v) is 5.26. The second-order valence-corrected chi connectivity index (χ2v) is 7.46. The van der Waals surface area contributed by atoms with Gasteiger partial charge in [-0.3, -0.25) is 4.98 Å². The molecule has 1 unspecified atom stereocenters. The third-order valence-electron chi connectivity index (χ3n) is 5.26. The normalized spacial score (nSPS) is 16.5. The van der Waals surface area contributed by atoms with Gasteiger partial charge in [-0.15, -0.1) is 0 Å². The molecule has 1 aliphatic rings. The number of anilines is 1. The molecule has 5 nitrogen and oxygen atoms in total. The lowest BCUT2D eigenvalue weighted by Gasteiger charge is -2.21. The number of hydrogen-bond acceptors (Lipinski definition) is 5. The van der Waals surface area contributed by atoms with Crippen LogP contribution in [0.1, 0.15) is 17.7 Å². The Balaban J connectivity index is 1.50. The van der Waals surface area contributed by atoms with E-state index in [1.54, 1.807) is 7.11 Å². The summed E-state index contributed by atoms with van der Waals surface area (Å²) in [5.74, 6) is 0.840. The summed E-state index contributed by atoms with van der Waals surface area (Å²) >= 11 is 0. The summed E-state index contributed by atoms with van der Waals surface area (Å²) in [7, 11) is 1.70. The molecule has 4 rings (SSSR count). The lowest BCUT2D eigenvalue weighted by molar-refractivity contribution is 0.0280. The maximum atomic E-state index is 5.99. The van der Waals surface area contributed by atoms with Gasteiger partial charge in [-0.2, -0.15) is 0 Å². The fourth-order valence-corrected chi connectivity index (χ4v) is 3.79. The zero-order chi connectivity index (χ0) is 20.1. The fraction of sp³-hybridized carbons (Fsp3) is 0.375. The van der Waals surface area contributed by atoms with Crippen LogP contribution in [0.25, 0.3) is 10.9 Å². The van der Waals surface area contributed by atoms with Crippen molar-refractivity contribution in [3.05, 3.63) is 65.9 Å². The summed E-state index contributed by atoms with van der Waals surface area (Å²) < 4.78 is 17.0. The number of nitrogens with zero attached hydrogens (tertiary/aromatic N) is 2. The highest BCUT2D eigenvalue weighted by Crippen LogP contribution is 2.32. The minimum Gasteiger partial charge on any atom is -0.489 e. The molecule has 1 atom stereocenters. The lowest BCUT2D eigenvalue weighted by atomic mass is 10.1. The quantitative estimate of drug-likeness (QED) is 0.533. The Labute approximate surface area is 172 Å². The molecule has 2 heterocycles. The first-order chi connectivity index (χ1) is 14.2. The second-order valence-electron chi connectivity index (χ2n) is 7.46. The molecule has 152 valence electrons. The molecule has 0 amide bonds. The van der Waals surface area contributed by atoms with Crippen LogP contribution in [0.15, 0.2) is 54.6 Å². The zero-order valence-corrected chi connectivity index (χ0v) is 17.1. The van der Waals surface area contributed by atoms with Crippen molar-refractivity contribution < 1.29 is 14.2 Å². The van der Waals surface area contributed by atoms with Crippen LogP contribution in [-0.2, 0) is 16.1 Å². The lowest BCUT2D eigenvalue weighted by Crippen LogP contribution is -2.24. The number of hydrogen-bond donors (Lipinski definition) is 0. The van der Waals surface area contributed by atoms with Crippen molar-refractivity contribution >= 4 is 16.6 Å². The van der Waals surface area contributed by atoms with Gasteiger partial charge in [0.05, 0.1) is 24.8 Å². The van der Waals surface area contributed by atoms with Crippen molar-refractivity contribution in [1.82, 2.24) is 4.98 Å². The summed E-state index contributed by atoms with van der Waals surface area (Å²) in [4.78, 5) is 7.15. The maximum absolute atomic E-state index is 5.99. The van der Waals surface area contributed by atoms with Crippen molar-refractivity contribution in [2.75, 3.05) is 38.3 Å². The van der Waals surface area contributed by atoms with Gasteiger partial charge in [0.25, 0.3) is 0 Å². The number of methoxy groups -OCH3 is 1. The molecule has 0 N–H and O–H groups in total. The molecule has 0 radical (unpaired) electrons. The van der Waals surface area contributed by atoms with Gasteiger partial charge in [-0.05, 0) is 37.1 Å². The van der Waals surface area contributed by atoms with Crippen LogP contribution in [0.3, 0.4) is 0 Å². The largest absolute Gasteiger partial charge is 0.489 e. The molecule has 3 aromatic rings. The van der Waals surface area contributed by atoms with E-state index in [1.165, 1.54) is 5.69 Å². The van der Waals surface area contributed by atoms with E-state index in [4.69, 9.17) is 19.2 Å². The molecule has 0 bridgehead atoms. The standard InChI is InChI=1S/C24H28N2O3/c1-18-14-24(26-11-10-21(16-26)28-13-12-27-2)22-9-8-20(15-23(22)25-18)29-17-19-6-4-3-5-7-19/h3-9,14-15,21H,10-13,16-17H2,1-2H3. The molecule has 2 aromatic carbocycles. The maximum Gasteiger partial charge on any atom is 0.122 e. The van der Waals surface area contributed by atoms with Crippen LogP contribution in [-0.4, -0.2) is 44.5 Å². The summed E-state index contributed by atoms with van der Waals surface area (Å²) in [6.45, 7) is 5.77. The highest BCUT2D eigenvalue weighted by Gasteiger charge is 2.25. The molecule has 1 aromatic heterocycles. The Morgan fingerprint density at radius 1 is 1.07 bits per heavy atom. The van der Waals surface area contributed by atoms with E-state index in [2.05, 4.69) is 29.2 Å². The first kappa shape index (κ1) is 19.7. The van der Waals surface area contributed by atoms with Crippen LogP contribution < -0.4 is 9.64 Å². The molecule has 1 fully saturated rings. The van der Waals surface area contributed by atoms with Crippen molar-refractivity contribution in [3.8, 4) is 5.75 Å². The van der Waals surface area contributed by atoms with E-state index >= 15 is 0 Å². The molecule has 29 heavy (non-hydrogen) atoms. The molecule has 1 saturated heterocycles. The van der Waals surface area contributed by atoms with Crippen molar-refractivity contribution in [2.24, 2.45) is 0 Å². The van der Waals surface area contributed by atoms with Gasteiger partial charge in [0.2, 0.25) is 0 Å². The molecular formula is C24H28N2O3. The van der Waals surface area contributed by atoms with E-state index in [9.17, 15) is 0 Å². The van der Waals surface area contributed by atoms with Gasteiger partial charge in [-0.1, -0.05) is 30.3 Å². The molecule has 1 aliphatic heterocycles. The van der Waals surface area contributed by atoms with Gasteiger partial charge in [-0.25, -0.2) is 0 Å². The summed E-state index contributed by atoms with van der Waals surface area (Å²) in [6, 6.07) is 18.6. The predicted octanol–water partition coefficient (Wildman–Crippen LogP) is 4.36. The smallest absolute Gasteiger partial charge is 0.122 e. The molecule has 0 aliphatic carbocycles. The Morgan fingerprint density at radius 2 is 1.93 bits per heavy atom. The Bertz CT molecular complexity index is 946. The first-order valence-electron chi connectivity index (χ1n) is 10.2. The van der Waals surface area contributed by atoms with Gasteiger partial charge in [0.1, 0.15) is 12.4 Å². The monoisotopic (exact) mass is 392 g/mol. The summed E-state index contributed by atoms with van der Waals surface area (Å²) in [5.41, 5.74) is 4.35. The van der Waals surface area contributed by atoms with E-state index in [1.807, 2.05) is 37.3 Å². The molecule has 5 heteroatoms. The number of pyridine rings is 1. The van der Waals surface area contributed by atoms with Gasteiger partial charge < -0.3 is 19.1 Å². The molecule has 0 saturated carbocycles. The topological polar surface area (TPSA) is 43.8 Å². The van der Waals surface area contributed by atoms with Gasteiger partial charge >= 0.3 is 0 Å². The van der Waals surface area contributed by atoms with Crippen LogP contribution in [0.5, 0.6) is 5.75 Å². The van der Waals surface area contributed by atoms with Crippen molar-refractivity contribution in [1.29, 1.82) is 0 Å². The number of ether oxygens (including phenoxy) is 3. The highest BCUT2D eigenvalue weighted by atomic mass is 16.5. The number of aryl methyl sites for hydroxylation is 1. The number of aromatic nitrogens is 1. The predicted molar refractivity (Wildman–Crippen MR) is 116 cm³/mol. The van der Waals surface area contributed by atoms with E-state index in [0.717, 1.165) is 47.4 Å². The molecule has 0 spiro atoms. The summed E-state index contributed by atoms with van der Waals surface area (Å²) in [6.07, 6.45) is 1.28. The Kier molecular flexibility index (Phi) is 6.27. The minimum absolute atomic E-state index is 0.252. The van der Waals surface area contributed by atoms with Crippen LogP contribution >= 0.6 is 0 Å². The van der Waals surface area contributed by atoms with E-state index in [0.29, 0.717) is 19.8 Å². The first-order valence-corrected chi connectivity index (χ1v) is 10.2. The van der Waals surface area contributed by atoms with Gasteiger partial charge in [0.15, 0.2) is 0 Å². The third kappa shape index (κ3) is 4.86.